The highest BCUT2D eigenvalue weighted by Gasteiger charge is 2.21. The van der Waals surface area contributed by atoms with Crippen LogP contribution >= 0.6 is 23.4 Å². The van der Waals surface area contributed by atoms with Gasteiger partial charge in [-0.1, -0.05) is 11.6 Å². The molecule has 5 heteroatoms. The number of hydrogen-bond acceptors (Lipinski definition) is 4. The van der Waals surface area contributed by atoms with Gasteiger partial charge in [0.15, 0.2) is 0 Å². The summed E-state index contributed by atoms with van der Waals surface area (Å²) >= 11 is 8.20. The highest BCUT2D eigenvalue weighted by atomic mass is 35.5. The molecule has 0 atom stereocenters. The monoisotopic (exact) mass is 255 g/mol. The van der Waals surface area contributed by atoms with E-state index in [9.17, 15) is 0 Å². The van der Waals surface area contributed by atoms with Gasteiger partial charge >= 0.3 is 0 Å². The van der Waals surface area contributed by atoms with Crippen molar-refractivity contribution in [3.05, 3.63) is 16.4 Å². The summed E-state index contributed by atoms with van der Waals surface area (Å²) in [4.78, 5) is 11.3. The average molecular weight is 256 g/mol. The maximum absolute atomic E-state index is 6.21. The van der Waals surface area contributed by atoms with E-state index in [1.54, 1.807) is 0 Å². The number of fused-ring (bicyclic) bond motifs is 1. The molecule has 1 aliphatic heterocycles. The van der Waals surface area contributed by atoms with Crippen LogP contribution in [-0.2, 0) is 12.8 Å². The molecular weight excluding hydrogens is 242 g/mol. The van der Waals surface area contributed by atoms with Gasteiger partial charge in [-0.2, -0.15) is 11.8 Å². The minimum Gasteiger partial charge on any atom is -0.339 e. The van der Waals surface area contributed by atoms with Crippen molar-refractivity contribution in [1.29, 1.82) is 0 Å². The summed E-state index contributed by atoms with van der Waals surface area (Å²) in [6.07, 6.45) is 3.28. The van der Waals surface area contributed by atoms with E-state index in [2.05, 4.69) is 14.9 Å². The van der Waals surface area contributed by atoms with Crippen LogP contribution in [0.1, 0.15) is 17.7 Å². The molecule has 3 rings (SSSR count). The summed E-state index contributed by atoms with van der Waals surface area (Å²) in [5.41, 5.74) is 2.35. The lowest BCUT2D eigenvalue weighted by Gasteiger charge is -2.26. The summed E-state index contributed by atoms with van der Waals surface area (Å²) in [6, 6.07) is 0. The van der Waals surface area contributed by atoms with Crippen molar-refractivity contribution < 1.29 is 0 Å². The van der Waals surface area contributed by atoms with Gasteiger partial charge in [0.25, 0.3) is 0 Å². The third-order valence-electron chi connectivity index (χ3n) is 3.16. The van der Waals surface area contributed by atoms with E-state index in [4.69, 9.17) is 11.6 Å². The Morgan fingerprint density at radius 3 is 2.75 bits per heavy atom. The molecule has 0 N–H and O–H groups in total. The van der Waals surface area contributed by atoms with Crippen molar-refractivity contribution in [2.24, 2.45) is 0 Å². The van der Waals surface area contributed by atoms with Crippen molar-refractivity contribution in [2.75, 3.05) is 29.5 Å². The Bertz CT molecular complexity index is 404. The van der Waals surface area contributed by atoms with E-state index >= 15 is 0 Å². The molecule has 0 spiro atoms. The summed E-state index contributed by atoms with van der Waals surface area (Å²) in [5, 5.41) is 0.677. The number of thioether (sulfide) groups is 1. The van der Waals surface area contributed by atoms with E-state index in [0.29, 0.717) is 5.15 Å². The molecule has 0 unspecified atom stereocenters. The second-order valence-corrected chi connectivity index (χ2v) is 5.78. The van der Waals surface area contributed by atoms with Gasteiger partial charge in [0.1, 0.15) is 5.15 Å². The van der Waals surface area contributed by atoms with Gasteiger partial charge in [-0.05, 0) is 19.3 Å². The number of nitrogens with zero attached hydrogens (tertiary/aromatic N) is 3. The van der Waals surface area contributed by atoms with Crippen LogP contribution in [0.15, 0.2) is 0 Å². The Morgan fingerprint density at radius 1 is 1.12 bits per heavy atom. The molecule has 1 aromatic rings. The number of halogens is 1. The quantitative estimate of drug-likeness (QED) is 0.720. The van der Waals surface area contributed by atoms with Gasteiger partial charge in [0.05, 0.1) is 5.69 Å². The number of aromatic nitrogens is 2. The normalized spacial score (nSPS) is 19.9. The van der Waals surface area contributed by atoms with Crippen molar-refractivity contribution in [2.45, 2.75) is 19.3 Å². The van der Waals surface area contributed by atoms with Gasteiger partial charge in [0.2, 0.25) is 5.95 Å². The maximum Gasteiger partial charge on any atom is 0.227 e. The fourth-order valence-corrected chi connectivity index (χ4v) is 3.46. The molecular formula is C11H14ClN3S. The summed E-state index contributed by atoms with van der Waals surface area (Å²) < 4.78 is 0. The second kappa shape index (κ2) is 4.41. The number of aryl methyl sites for hydroxylation is 1. The van der Waals surface area contributed by atoms with Crippen LogP contribution in [0, 0.1) is 0 Å². The Hall–Kier alpha value is -0.480. The van der Waals surface area contributed by atoms with Crippen molar-refractivity contribution in [3.8, 4) is 0 Å². The molecule has 2 heterocycles. The van der Waals surface area contributed by atoms with Gasteiger partial charge in [-0.15, -0.1) is 0 Å². The smallest absolute Gasteiger partial charge is 0.227 e. The topological polar surface area (TPSA) is 29.0 Å². The van der Waals surface area contributed by atoms with E-state index in [0.717, 1.165) is 43.4 Å². The van der Waals surface area contributed by atoms with Crippen LogP contribution in [0.25, 0.3) is 0 Å². The predicted octanol–water partition coefficient (Wildman–Crippen LogP) is 2.17. The molecule has 1 saturated heterocycles. The Labute approximate surface area is 105 Å². The predicted molar refractivity (Wildman–Crippen MR) is 68.6 cm³/mol. The van der Waals surface area contributed by atoms with Crippen molar-refractivity contribution in [1.82, 2.24) is 9.97 Å². The zero-order valence-electron chi connectivity index (χ0n) is 9.08. The lowest BCUT2D eigenvalue weighted by atomic mass is 10.3. The van der Waals surface area contributed by atoms with Crippen molar-refractivity contribution >= 4 is 29.3 Å². The largest absolute Gasteiger partial charge is 0.339 e. The van der Waals surface area contributed by atoms with Gasteiger partial charge < -0.3 is 4.90 Å². The lowest BCUT2D eigenvalue weighted by molar-refractivity contribution is 0.806. The summed E-state index contributed by atoms with van der Waals surface area (Å²) in [7, 11) is 0. The zero-order valence-corrected chi connectivity index (χ0v) is 10.7. The zero-order chi connectivity index (χ0) is 11.0. The molecule has 0 bridgehead atoms. The van der Waals surface area contributed by atoms with Crippen LogP contribution in [0.5, 0.6) is 0 Å². The fourth-order valence-electron chi connectivity index (χ4n) is 2.28. The van der Waals surface area contributed by atoms with Crippen LogP contribution in [-0.4, -0.2) is 34.6 Å². The fraction of sp³-hybridized carbons (Fsp3) is 0.636. The third-order valence-corrected chi connectivity index (χ3v) is 4.42. The maximum atomic E-state index is 6.21. The lowest BCUT2D eigenvalue weighted by Crippen LogP contribution is -2.34. The number of hydrogen-bond donors (Lipinski definition) is 0. The Balaban J connectivity index is 1.92. The first-order valence-corrected chi connectivity index (χ1v) is 7.26. The van der Waals surface area contributed by atoms with Crippen molar-refractivity contribution in [3.63, 3.8) is 0 Å². The number of anilines is 1. The average Bonchev–Trinajstić information content (AvgIpc) is 2.79. The van der Waals surface area contributed by atoms with Gasteiger partial charge in [-0.3, -0.25) is 0 Å². The molecule has 1 aliphatic carbocycles. The first kappa shape index (κ1) is 10.7. The van der Waals surface area contributed by atoms with E-state index in [-0.39, 0.29) is 0 Å². The molecule has 1 fully saturated rings. The molecule has 0 saturated carbocycles. The van der Waals surface area contributed by atoms with E-state index in [1.807, 2.05) is 11.8 Å². The van der Waals surface area contributed by atoms with Crippen LogP contribution < -0.4 is 4.90 Å². The SMILES string of the molecule is Clc1nc(N2CCSCC2)nc2c1CCC2. The third kappa shape index (κ3) is 1.89. The van der Waals surface area contributed by atoms with Gasteiger partial charge in [0, 0.05) is 30.2 Å². The molecule has 86 valence electrons. The second-order valence-electron chi connectivity index (χ2n) is 4.19. The molecule has 1 aromatic heterocycles. The van der Waals surface area contributed by atoms with Crippen LogP contribution in [0.2, 0.25) is 5.15 Å². The minimum absolute atomic E-state index is 0.677. The highest BCUT2D eigenvalue weighted by molar-refractivity contribution is 7.99. The molecule has 0 amide bonds. The van der Waals surface area contributed by atoms with E-state index in [1.165, 1.54) is 17.7 Å². The minimum atomic E-state index is 0.677. The Morgan fingerprint density at radius 2 is 1.94 bits per heavy atom. The van der Waals surface area contributed by atoms with Crippen LogP contribution in [0.4, 0.5) is 5.95 Å². The Kier molecular flexibility index (Phi) is 2.94. The molecule has 3 nitrogen and oxygen atoms in total. The first-order chi connectivity index (χ1) is 7.84. The van der Waals surface area contributed by atoms with Gasteiger partial charge in [-0.25, -0.2) is 9.97 Å². The molecule has 0 radical (unpaired) electrons. The van der Waals surface area contributed by atoms with E-state index < -0.39 is 0 Å². The number of rotatable bonds is 1. The standard InChI is InChI=1S/C11H14ClN3S/c12-10-8-2-1-3-9(8)13-11(14-10)15-4-6-16-7-5-15/h1-7H2. The summed E-state index contributed by atoms with van der Waals surface area (Å²) in [5.74, 6) is 3.17. The first-order valence-electron chi connectivity index (χ1n) is 5.72. The molecule has 2 aliphatic rings. The highest BCUT2D eigenvalue weighted by Crippen LogP contribution is 2.28. The molecule has 0 aromatic carbocycles. The molecule has 16 heavy (non-hydrogen) atoms. The summed E-state index contributed by atoms with van der Waals surface area (Å²) in [6.45, 7) is 2.08. The van der Waals surface area contributed by atoms with Crippen LogP contribution in [0.3, 0.4) is 0 Å².